The summed E-state index contributed by atoms with van der Waals surface area (Å²) in [6.07, 6.45) is 0.395. The van der Waals surface area contributed by atoms with Crippen molar-refractivity contribution < 1.29 is 9.59 Å². The van der Waals surface area contributed by atoms with Crippen molar-refractivity contribution in [2.75, 3.05) is 0 Å². The van der Waals surface area contributed by atoms with Crippen molar-refractivity contribution in [2.24, 2.45) is 5.92 Å². The van der Waals surface area contributed by atoms with Crippen LogP contribution in [-0.2, 0) is 4.79 Å². The van der Waals surface area contributed by atoms with Crippen LogP contribution >= 0.6 is 22.6 Å². The number of amides is 2. The van der Waals surface area contributed by atoms with Gasteiger partial charge in [-0.15, -0.1) is 0 Å². The summed E-state index contributed by atoms with van der Waals surface area (Å²) in [4.78, 5) is 23.1. The minimum Gasteiger partial charge on any atom is -0.273 e. The summed E-state index contributed by atoms with van der Waals surface area (Å²) in [5, 5.41) is 0. The first-order chi connectivity index (χ1) is 8.00. The number of carbonyl (C=O) groups excluding carboxylic acids is 2. The molecule has 0 spiro atoms. The van der Waals surface area contributed by atoms with Crippen molar-refractivity contribution in [3.8, 4) is 0 Å². The Labute approximate surface area is 114 Å². The molecule has 0 fully saturated rings. The van der Waals surface area contributed by atoms with Gasteiger partial charge in [-0.05, 0) is 40.6 Å². The molecule has 0 aromatic heterocycles. The number of benzene rings is 1. The molecule has 0 unspecified atom stereocenters. The molecule has 0 atom stereocenters. The first kappa shape index (κ1) is 14.0. The van der Waals surface area contributed by atoms with Crippen molar-refractivity contribution in [1.82, 2.24) is 10.9 Å². The number of rotatable bonds is 3. The van der Waals surface area contributed by atoms with Gasteiger partial charge >= 0.3 is 0 Å². The zero-order valence-electron chi connectivity index (χ0n) is 9.79. The first-order valence-corrected chi connectivity index (χ1v) is 6.42. The monoisotopic (exact) mass is 346 g/mol. The second-order valence-corrected chi connectivity index (χ2v) is 5.24. The highest BCUT2D eigenvalue weighted by atomic mass is 127. The molecule has 0 bridgehead atoms. The van der Waals surface area contributed by atoms with E-state index in [1.165, 1.54) is 0 Å². The van der Waals surface area contributed by atoms with Gasteiger partial charge in [0, 0.05) is 9.99 Å². The van der Waals surface area contributed by atoms with Crippen LogP contribution in [0.2, 0.25) is 0 Å². The summed E-state index contributed by atoms with van der Waals surface area (Å²) in [6.45, 7) is 3.89. The van der Waals surface area contributed by atoms with Gasteiger partial charge in [-0.3, -0.25) is 20.4 Å². The Kier molecular flexibility index (Phi) is 5.40. The summed E-state index contributed by atoms with van der Waals surface area (Å²) < 4.78 is 0.848. The maximum Gasteiger partial charge on any atom is 0.270 e. The summed E-state index contributed by atoms with van der Waals surface area (Å²) >= 11 is 2.08. The minimum absolute atomic E-state index is 0.181. The second kappa shape index (κ2) is 6.58. The lowest BCUT2D eigenvalue weighted by molar-refractivity contribution is -0.122. The van der Waals surface area contributed by atoms with Gasteiger partial charge in [-0.2, -0.15) is 0 Å². The third kappa shape index (κ3) is 4.72. The quantitative estimate of drug-likeness (QED) is 0.651. The van der Waals surface area contributed by atoms with Crippen LogP contribution < -0.4 is 10.9 Å². The van der Waals surface area contributed by atoms with E-state index in [0.29, 0.717) is 12.0 Å². The number of hydrogen-bond acceptors (Lipinski definition) is 2. The highest BCUT2D eigenvalue weighted by Gasteiger charge is 2.10. The zero-order valence-corrected chi connectivity index (χ0v) is 11.9. The second-order valence-electron chi connectivity index (χ2n) is 4.08. The molecular weight excluding hydrogens is 331 g/mol. The SMILES string of the molecule is CC(C)CC(=O)NNC(=O)c1ccccc1I. The molecule has 1 aromatic rings. The molecule has 1 rings (SSSR count). The maximum absolute atomic E-state index is 11.7. The van der Waals surface area contributed by atoms with Gasteiger partial charge in [0.25, 0.3) is 5.91 Å². The molecule has 0 saturated carbocycles. The largest absolute Gasteiger partial charge is 0.273 e. The van der Waals surface area contributed by atoms with Crippen LogP contribution in [0, 0.1) is 9.49 Å². The van der Waals surface area contributed by atoms with Crippen molar-refractivity contribution in [3.63, 3.8) is 0 Å². The fourth-order valence-electron chi connectivity index (χ4n) is 1.26. The number of nitrogens with one attached hydrogen (secondary N) is 2. The molecule has 0 heterocycles. The highest BCUT2D eigenvalue weighted by Crippen LogP contribution is 2.10. The van der Waals surface area contributed by atoms with Crippen LogP contribution in [0.5, 0.6) is 0 Å². The molecule has 5 heteroatoms. The number of hydrazine groups is 1. The topological polar surface area (TPSA) is 58.2 Å². The summed E-state index contributed by atoms with van der Waals surface area (Å²) in [6, 6.07) is 7.19. The molecule has 0 radical (unpaired) electrons. The number of halogens is 1. The Morgan fingerprint density at radius 2 is 1.88 bits per heavy atom. The van der Waals surface area contributed by atoms with Gasteiger partial charge in [0.1, 0.15) is 0 Å². The van der Waals surface area contributed by atoms with Gasteiger partial charge in [-0.1, -0.05) is 26.0 Å². The maximum atomic E-state index is 11.7. The molecule has 0 saturated heterocycles. The van der Waals surface area contributed by atoms with Crippen molar-refractivity contribution in [3.05, 3.63) is 33.4 Å². The fraction of sp³-hybridized carbons (Fsp3) is 0.333. The third-order valence-corrected chi connectivity index (χ3v) is 2.97. The fourth-order valence-corrected chi connectivity index (χ4v) is 1.89. The van der Waals surface area contributed by atoms with Crippen LogP contribution in [0.4, 0.5) is 0 Å². The lowest BCUT2D eigenvalue weighted by Crippen LogP contribution is -2.42. The normalized spacial score (nSPS) is 10.1. The Hall–Kier alpha value is -1.11. The molecule has 2 N–H and O–H groups in total. The third-order valence-electron chi connectivity index (χ3n) is 2.03. The van der Waals surface area contributed by atoms with Crippen LogP contribution in [-0.4, -0.2) is 11.8 Å². The molecule has 0 aliphatic rings. The Morgan fingerprint density at radius 1 is 1.24 bits per heavy atom. The molecule has 0 aliphatic carbocycles. The van der Waals surface area contributed by atoms with E-state index in [-0.39, 0.29) is 17.7 Å². The van der Waals surface area contributed by atoms with E-state index in [2.05, 4.69) is 33.4 Å². The number of carbonyl (C=O) groups is 2. The predicted octanol–water partition coefficient (Wildman–Crippen LogP) is 2.10. The van der Waals surface area contributed by atoms with E-state index in [1.807, 2.05) is 26.0 Å². The van der Waals surface area contributed by atoms with Crippen molar-refractivity contribution >= 4 is 34.4 Å². The lowest BCUT2D eigenvalue weighted by atomic mass is 10.1. The van der Waals surface area contributed by atoms with Crippen LogP contribution in [0.15, 0.2) is 24.3 Å². The van der Waals surface area contributed by atoms with E-state index >= 15 is 0 Å². The smallest absolute Gasteiger partial charge is 0.270 e. The molecule has 2 amide bonds. The van der Waals surface area contributed by atoms with Gasteiger partial charge in [0.2, 0.25) is 5.91 Å². The summed E-state index contributed by atoms with van der Waals surface area (Å²) in [7, 11) is 0. The van der Waals surface area contributed by atoms with E-state index in [1.54, 1.807) is 12.1 Å². The van der Waals surface area contributed by atoms with Gasteiger partial charge in [0.15, 0.2) is 0 Å². The van der Waals surface area contributed by atoms with Crippen molar-refractivity contribution in [2.45, 2.75) is 20.3 Å². The summed E-state index contributed by atoms with van der Waals surface area (Å²) in [5.41, 5.74) is 5.35. The van der Waals surface area contributed by atoms with Crippen LogP contribution in [0.3, 0.4) is 0 Å². The van der Waals surface area contributed by atoms with Gasteiger partial charge < -0.3 is 0 Å². The van der Waals surface area contributed by atoms with E-state index in [0.717, 1.165) is 3.57 Å². The first-order valence-electron chi connectivity index (χ1n) is 5.34. The molecule has 92 valence electrons. The Balaban J connectivity index is 2.51. The van der Waals surface area contributed by atoms with Crippen LogP contribution in [0.1, 0.15) is 30.6 Å². The molecular formula is C12H15IN2O2. The van der Waals surface area contributed by atoms with Crippen molar-refractivity contribution in [1.29, 1.82) is 0 Å². The van der Waals surface area contributed by atoms with Crippen LogP contribution in [0.25, 0.3) is 0 Å². The minimum atomic E-state index is -0.299. The summed E-state index contributed by atoms with van der Waals surface area (Å²) in [5.74, 6) is -0.213. The lowest BCUT2D eigenvalue weighted by Gasteiger charge is -2.09. The Morgan fingerprint density at radius 3 is 2.47 bits per heavy atom. The van der Waals surface area contributed by atoms with E-state index in [4.69, 9.17) is 0 Å². The van der Waals surface area contributed by atoms with E-state index < -0.39 is 0 Å². The van der Waals surface area contributed by atoms with Gasteiger partial charge in [-0.25, -0.2) is 0 Å². The average Bonchev–Trinajstić information content (AvgIpc) is 2.25. The highest BCUT2D eigenvalue weighted by molar-refractivity contribution is 14.1. The van der Waals surface area contributed by atoms with E-state index in [9.17, 15) is 9.59 Å². The predicted molar refractivity (Wildman–Crippen MR) is 74.2 cm³/mol. The molecule has 17 heavy (non-hydrogen) atoms. The average molecular weight is 346 g/mol. The zero-order chi connectivity index (χ0) is 12.8. The van der Waals surface area contributed by atoms with Gasteiger partial charge in [0.05, 0.1) is 5.56 Å². The standard InChI is InChI=1S/C12H15IN2O2/c1-8(2)7-11(16)14-15-12(17)9-5-3-4-6-10(9)13/h3-6,8H,7H2,1-2H3,(H,14,16)(H,15,17). The molecule has 4 nitrogen and oxygen atoms in total. The molecule has 1 aromatic carbocycles. The Bertz CT molecular complexity index is 419. The molecule has 0 aliphatic heterocycles. The number of hydrogen-bond donors (Lipinski definition) is 2.